The molecule has 5 rings (SSSR count). The van der Waals surface area contributed by atoms with Crippen LogP contribution in [0.1, 0.15) is 41.9 Å². The number of Topliss-reactive ketones (excluding diaryl/α,β-unsaturated/α-hetero) is 1. The van der Waals surface area contributed by atoms with Gasteiger partial charge in [-0.15, -0.1) is 0 Å². The molecule has 2 amide bonds. The van der Waals surface area contributed by atoms with E-state index in [1.807, 2.05) is 6.07 Å². The monoisotopic (exact) mass is 395 g/mol. The van der Waals surface area contributed by atoms with Crippen LogP contribution in [0.25, 0.3) is 0 Å². The summed E-state index contributed by atoms with van der Waals surface area (Å²) in [7, 11) is 0. The van der Waals surface area contributed by atoms with Gasteiger partial charge in [0.05, 0.1) is 17.4 Å². The molecule has 0 unspecified atom stereocenters. The summed E-state index contributed by atoms with van der Waals surface area (Å²) in [5.41, 5.74) is 1.49. The number of nitrogens with zero attached hydrogens (tertiary/aromatic N) is 4. The molecule has 2 bridgehead atoms. The van der Waals surface area contributed by atoms with Crippen LogP contribution in [0.2, 0.25) is 0 Å². The van der Waals surface area contributed by atoms with Crippen molar-refractivity contribution < 1.29 is 14.0 Å². The van der Waals surface area contributed by atoms with Gasteiger partial charge in [0.25, 0.3) is 0 Å². The number of aryl methyl sites for hydroxylation is 1. The van der Waals surface area contributed by atoms with Gasteiger partial charge in [-0.2, -0.15) is 0 Å². The zero-order valence-electron chi connectivity index (χ0n) is 16.2. The minimum atomic E-state index is -0.418. The van der Waals surface area contributed by atoms with E-state index in [4.69, 9.17) is 0 Å². The van der Waals surface area contributed by atoms with Crippen LogP contribution in [0.15, 0.2) is 24.3 Å². The van der Waals surface area contributed by atoms with Gasteiger partial charge < -0.3 is 4.90 Å². The number of carbonyl (C=O) groups is 2. The largest absolute Gasteiger partial charge is 0.366 e. The van der Waals surface area contributed by atoms with Crippen molar-refractivity contribution >= 4 is 29.1 Å². The second-order valence-corrected chi connectivity index (χ2v) is 8.06. The lowest BCUT2D eigenvalue weighted by atomic mass is 10.1. The molecule has 7 nitrogen and oxygen atoms in total. The smallest absolute Gasteiger partial charge is 0.329 e. The Morgan fingerprint density at radius 2 is 2.00 bits per heavy atom. The fourth-order valence-corrected chi connectivity index (χ4v) is 4.10. The van der Waals surface area contributed by atoms with Gasteiger partial charge in [-0.1, -0.05) is 0 Å². The van der Waals surface area contributed by atoms with Crippen LogP contribution in [-0.2, 0) is 0 Å². The standard InChI is InChI=1S/C21H22FN5O2/c1-12-15(22)4-7-19(23-12)25-21(29)27-14-8-9-26(11-14)17-6-5-16(24-20(17)27)18(28)10-13-2-3-13/h4-7,13-14H,2-3,8-11H2,1H3,(H,23,25,29)/t14-/m0/s1. The third-order valence-corrected chi connectivity index (χ3v) is 5.88. The van der Waals surface area contributed by atoms with Crippen LogP contribution in [0.4, 0.5) is 26.5 Å². The van der Waals surface area contributed by atoms with Gasteiger partial charge in [0, 0.05) is 19.5 Å². The Morgan fingerprint density at radius 1 is 1.17 bits per heavy atom. The number of hydrogen-bond acceptors (Lipinski definition) is 5. The fourth-order valence-electron chi connectivity index (χ4n) is 4.10. The first kappa shape index (κ1) is 18.0. The maximum atomic E-state index is 13.5. The number of ketones is 1. The molecule has 1 saturated carbocycles. The minimum absolute atomic E-state index is 0.0228. The van der Waals surface area contributed by atoms with E-state index in [1.165, 1.54) is 12.1 Å². The van der Waals surface area contributed by atoms with Crippen molar-refractivity contribution in [3.8, 4) is 0 Å². The number of aromatic nitrogens is 2. The van der Waals surface area contributed by atoms with E-state index in [0.717, 1.165) is 38.0 Å². The van der Waals surface area contributed by atoms with Gasteiger partial charge >= 0.3 is 6.03 Å². The second kappa shape index (κ2) is 6.79. The van der Waals surface area contributed by atoms with E-state index >= 15 is 0 Å². The first-order valence-corrected chi connectivity index (χ1v) is 10.0. The number of pyridine rings is 2. The number of halogens is 1. The Labute approximate surface area is 167 Å². The molecule has 1 aliphatic carbocycles. The van der Waals surface area contributed by atoms with Crippen molar-refractivity contribution in [2.75, 3.05) is 28.2 Å². The number of nitrogens with one attached hydrogen (secondary N) is 1. The summed E-state index contributed by atoms with van der Waals surface area (Å²) in [6.45, 7) is 3.12. The van der Waals surface area contributed by atoms with Gasteiger partial charge in [-0.05, 0) is 56.4 Å². The van der Waals surface area contributed by atoms with E-state index < -0.39 is 5.82 Å². The van der Waals surface area contributed by atoms with Crippen molar-refractivity contribution in [3.63, 3.8) is 0 Å². The molecule has 1 N–H and O–H groups in total. The van der Waals surface area contributed by atoms with Crippen LogP contribution in [0, 0.1) is 18.7 Å². The Kier molecular flexibility index (Phi) is 4.22. The highest BCUT2D eigenvalue weighted by Gasteiger charge is 2.40. The van der Waals surface area contributed by atoms with Gasteiger partial charge in [0.1, 0.15) is 17.3 Å². The molecule has 0 spiro atoms. The molecule has 0 radical (unpaired) electrons. The molecule has 2 aromatic heterocycles. The summed E-state index contributed by atoms with van der Waals surface area (Å²) in [4.78, 5) is 38.2. The molecule has 0 aromatic carbocycles. The lowest BCUT2D eigenvalue weighted by Gasteiger charge is -2.35. The number of amides is 2. The molecule has 2 aliphatic heterocycles. The van der Waals surface area contributed by atoms with E-state index in [9.17, 15) is 14.0 Å². The first-order valence-electron chi connectivity index (χ1n) is 10.0. The molecule has 1 atom stereocenters. The quantitative estimate of drug-likeness (QED) is 0.801. The summed E-state index contributed by atoms with van der Waals surface area (Å²) in [5, 5.41) is 2.76. The second-order valence-electron chi connectivity index (χ2n) is 8.06. The molecule has 4 heterocycles. The van der Waals surface area contributed by atoms with E-state index in [0.29, 0.717) is 23.9 Å². The Hall–Kier alpha value is -3.03. The van der Waals surface area contributed by atoms with Crippen LogP contribution < -0.4 is 15.1 Å². The SMILES string of the molecule is Cc1nc(NC(=O)N2c3nc(C(=O)CC4CC4)ccc3N3CC[C@H]2C3)ccc1F. The minimum Gasteiger partial charge on any atom is -0.366 e. The third kappa shape index (κ3) is 3.32. The maximum absolute atomic E-state index is 13.5. The predicted octanol–water partition coefficient (Wildman–Crippen LogP) is 3.54. The van der Waals surface area contributed by atoms with Crippen molar-refractivity contribution in [3.05, 3.63) is 41.5 Å². The van der Waals surface area contributed by atoms with Gasteiger partial charge in [0.15, 0.2) is 11.6 Å². The zero-order chi connectivity index (χ0) is 20.1. The zero-order valence-corrected chi connectivity index (χ0v) is 16.2. The van der Waals surface area contributed by atoms with E-state index in [2.05, 4.69) is 20.2 Å². The Bertz CT molecular complexity index is 1010. The summed E-state index contributed by atoms with van der Waals surface area (Å²) >= 11 is 0. The summed E-state index contributed by atoms with van der Waals surface area (Å²) < 4.78 is 13.5. The summed E-state index contributed by atoms with van der Waals surface area (Å²) in [6.07, 6.45) is 3.55. The molecule has 150 valence electrons. The average molecular weight is 395 g/mol. The number of fused-ring (bicyclic) bond motifs is 4. The van der Waals surface area contributed by atoms with Crippen molar-refractivity contribution in [2.24, 2.45) is 5.92 Å². The van der Waals surface area contributed by atoms with Crippen LogP contribution in [0.3, 0.4) is 0 Å². The third-order valence-electron chi connectivity index (χ3n) is 5.88. The number of hydrogen-bond donors (Lipinski definition) is 1. The summed E-state index contributed by atoms with van der Waals surface area (Å²) in [6, 6.07) is 6.00. The van der Waals surface area contributed by atoms with E-state index in [-0.39, 0.29) is 29.4 Å². The molecule has 3 aliphatic rings. The number of urea groups is 1. The number of anilines is 3. The first-order chi connectivity index (χ1) is 14.0. The topological polar surface area (TPSA) is 78.4 Å². The maximum Gasteiger partial charge on any atom is 0.329 e. The highest BCUT2D eigenvalue weighted by atomic mass is 19.1. The lowest BCUT2D eigenvalue weighted by molar-refractivity contribution is 0.0971. The molecule has 29 heavy (non-hydrogen) atoms. The van der Waals surface area contributed by atoms with Crippen molar-refractivity contribution in [2.45, 2.75) is 38.6 Å². The van der Waals surface area contributed by atoms with Crippen molar-refractivity contribution in [1.82, 2.24) is 9.97 Å². The predicted molar refractivity (Wildman–Crippen MR) is 107 cm³/mol. The molecule has 8 heteroatoms. The summed E-state index contributed by atoms with van der Waals surface area (Å²) in [5.74, 6) is 0.888. The normalized spacial score (nSPS) is 19.9. The van der Waals surface area contributed by atoms with Gasteiger partial charge in [-0.3, -0.25) is 15.0 Å². The van der Waals surface area contributed by atoms with Crippen molar-refractivity contribution in [1.29, 1.82) is 0 Å². The Morgan fingerprint density at radius 3 is 2.76 bits per heavy atom. The molecule has 2 aromatic rings. The molecule has 1 saturated heterocycles. The number of rotatable bonds is 4. The van der Waals surface area contributed by atoms with Gasteiger partial charge in [0.2, 0.25) is 0 Å². The molecular formula is C21H22FN5O2. The van der Waals surface area contributed by atoms with E-state index in [1.54, 1.807) is 17.9 Å². The lowest BCUT2D eigenvalue weighted by Crippen LogP contribution is -2.48. The highest BCUT2D eigenvalue weighted by molar-refractivity contribution is 6.05. The van der Waals surface area contributed by atoms with Crippen LogP contribution >= 0.6 is 0 Å². The average Bonchev–Trinajstić information content (AvgIpc) is 3.42. The molecule has 2 fully saturated rings. The van der Waals surface area contributed by atoms with Gasteiger partial charge in [-0.25, -0.2) is 19.2 Å². The molecular weight excluding hydrogens is 373 g/mol. The highest BCUT2D eigenvalue weighted by Crippen LogP contribution is 2.40. The fraction of sp³-hybridized carbons (Fsp3) is 0.429. The van der Waals surface area contributed by atoms with Crippen LogP contribution in [-0.4, -0.2) is 40.9 Å². The van der Waals surface area contributed by atoms with Crippen LogP contribution in [0.5, 0.6) is 0 Å². The number of carbonyl (C=O) groups excluding carboxylic acids is 2. The Balaban J connectivity index is 1.45.